The number of piperazine rings is 1. The SMILES string of the molecule is COCC(COC)Nc1cc(N2CCN(C)CC2)ccc1C(=O)Nc1n[nH]c2c1CN(S(=O)(=O)c1cc(F)cc(F)c1)C2(C)C. The highest BCUT2D eigenvalue weighted by Gasteiger charge is 2.48. The van der Waals surface area contributed by atoms with Crippen LogP contribution in [0, 0.1) is 11.6 Å². The summed E-state index contributed by atoms with van der Waals surface area (Å²) in [7, 11) is 0.939. The largest absolute Gasteiger partial charge is 0.382 e. The number of hydrogen-bond acceptors (Lipinski definition) is 9. The predicted molar refractivity (Wildman–Crippen MR) is 166 cm³/mol. The molecule has 2 aliphatic rings. The van der Waals surface area contributed by atoms with Crippen molar-refractivity contribution >= 4 is 33.1 Å². The molecule has 12 nitrogen and oxygen atoms in total. The van der Waals surface area contributed by atoms with Crippen LogP contribution in [0.5, 0.6) is 0 Å². The summed E-state index contributed by atoms with van der Waals surface area (Å²) in [4.78, 5) is 17.8. The molecule has 0 radical (unpaired) electrons. The summed E-state index contributed by atoms with van der Waals surface area (Å²) < 4.78 is 66.8. The summed E-state index contributed by atoms with van der Waals surface area (Å²) in [6, 6.07) is 7.51. The topological polar surface area (TPSA) is 132 Å². The van der Waals surface area contributed by atoms with E-state index in [1.165, 1.54) is 0 Å². The van der Waals surface area contributed by atoms with E-state index < -0.39 is 38.0 Å². The van der Waals surface area contributed by atoms with Gasteiger partial charge in [-0.2, -0.15) is 9.40 Å². The second-order valence-electron chi connectivity index (χ2n) is 11.8. The van der Waals surface area contributed by atoms with Gasteiger partial charge in [0.25, 0.3) is 5.91 Å². The Balaban J connectivity index is 1.43. The van der Waals surface area contributed by atoms with Gasteiger partial charge in [0.2, 0.25) is 10.0 Å². The van der Waals surface area contributed by atoms with Gasteiger partial charge in [0, 0.05) is 69.9 Å². The van der Waals surface area contributed by atoms with Gasteiger partial charge in [0.1, 0.15) is 11.6 Å². The van der Waals surface area contributed by atoms with Gasteiger partial charge in [-0.25, -0.2) is 17.2 Å². The number of rotatable bonds is 11. The summed E-state index contributed by atoms with van der Waals surface area (Å²) >= 11 is 0. The Labute approximate surface area is 261 Å². The van der Waals surface area contributed by atoms with Gasteiger partial charge in [0.15, 0.2) is 5.82 Å². The molecule has 0 bridgehead atoms. The van der Waals surface area contributed by atoms with Gasteiger partial charge < -0.3 is 29.9 Å². The van der Waals surface area contributed by atoms with Gasteiger partial charge in [-0.15, -0.1) is 0 Å². The number of sulfonamides is 1. The highest BCUT2D eigenvalue weighted by atomic mass is 32.2. The summed E-state index contributed by atoms with van der Waals surface area (Å²) in [5.41, 5.74) is 1.65. The number of carbonyl (C=O) groups excluding carboxylic acids is 1. The highest BCUT2D eigenvalue weighted by Crippen LogP contribution is 2.44. The van der Waals surface area contributed by atoms with Crippen molar-refractivity contribution in [1.82, 2.24) is 19.4 Å². The van der Waals surface area contributed by atoms with Crippen molar-refractivity contribution in [2.75, 3.05) is 76.2 Å². The molecule has 1 saturated heterocycles. The van der Waals surface area contributed by atoms with Crippen molar-refractivity contribution in [3.63, 3.8) is 0 Å². The number of amides is 1. The summed E-state index contributed by atoms with van der Waals surface area (Å²) in [5, 5.41) is 13.4. The number of halogens is 2. The number of benzene rings is 2. The maximum absolute atomic E-state index is 13.9. The molecule has 3 aromatic rings. The van der Waals surface area contributed by atoms with Crippen molar-refractivity contribution in [2.45, 2.75) is 36.9 Å². The first-order valence-electron chi connectivity index (χ1n) is 14.5. The third-order valence-corrected chi connectivity index (χ3v) is 10.3. The fraction of sp³-hybridized carbons (Fsp3) is 0.467. The molecule has 1 fully saturated rings. The maximum atomic E-state index is 13.9. The molecule has 15 heteroatoms. The predicted octanol–water partition coefficient (Wildman–Crippen LogP) is 3.20. The van der Waals surface area contributed by atoms with E-state index >= 15 is 0 Å². The summed E-state index contributed by atoms with van der Waals surface area (Å²) in [6.07, 6.45) is 0. The number of ether oxygens (including phenoxy) is 2. The average Bonchev–Trinajstić information content (AvgIpc) is 3.50. The first-order valence-corrected chi connectivity index (χ1v) is 16.0. The number of nitrogens with zero attached hydrogens (tertiary/aromatic N) is 4. The number of methoxy groups -OCH3 is 2. The normalized spacial score (nSPS) is 17.1. The van der Waals surface area contributed by atoms with Crippen LogP contribution in [0.3, 0.4) is 0 Å². The van der Waals surface area contributed by atoms with E-state index in [1.54, 1.807) is 34.1 Å². The number of hydrogen-bond donors (Lipinski definition) is 3. The minimum Gasteiger partial charge on any atom is -0.382 e. The Morgan fingerprint density at radius 3 is 2.31 bits per heavy atom. The Hall–Kier alpha value is -3.63. The Kier molecular flexibility index (Phi) is 9.46. The molecule has 0 spiro atoms. The van der Waals surface area contributed by atoms with Crippen LogP contribution >= 0.6 is 0 Å². The number of H-pyrrole nitrogens is 1. The van der Waals surface area contributed by atoms with E-state index in [9.17, 15) is 22.0 Å². The van der Waals surface area contributed by atoms with Gasteiger partial charge in [-0.05, 0) is 51.2 Å². The third-order valence-electron chi connectivity index (χ3n) is 8.27. The Morgan fingerprint density at radius 1 is 1.04 bits per heavy atom. The first kappa shape index (κ1) is 32.8. The lowest BCUT2D eigenvalue weighted by atomic mass is 10.0. The van der Waals surface area contributed by atoms with Crippen LogP contribution in [0.4, 0.5) is 26.0 Å². The molecule has 0 atom stereocenters. The zero-order chi connectivity index (χ0) is 32.5. The number of aromatic amines is 1. The van der Waals surface area contributed by atoms with E-state index in [0.717, 1.165) is 48.3 Å². The number of fused-ring (bicyclic) bond motifs is 1. The molecule has 3 N–H and O–H groups in total. The minimum absolute atomic E-state index is 0.158. The van der Waals surface area contributed by atoms with E-state index in [0.29, 0.717) is 41.8 Å². The van der Waals surface area contributed by atoms with Gasteiger partial charge in [-0.3, -0.25) is 9.89 Å². The third kappa shape index (κ3) is 6.67. The average molecular weight is 648 g/mol. The fourth-order valence-electron chi connectivity index (χ4n) is 5.82. The maximum Gasteiger partial charge on any atom is 0.258 e. The number of aromatic nitrogens is 2. The van der Waals surface area contributed by atoms with E-state index in [2.05, 4.69) is 37.7 Å². The Morgan fingerprint density at radius 2 is 1.69 bits per heavy atom. The highest BCUT2D eigenvalue weighted by molar-refractivity contribution is 7.89. The number of likely N-dealkylation sites (N-methyl/N-ethyl adjacent to an activating group) is 1. The molecule has 5 rings (SSSR count). The first-order chi connectivity index (χ1) is 21.3. The van der Waals surface area contributed by atoms with E-state index in [-0.39, 0.29) is 18.4 Å². The van der Waals surface area contributed by atoms with Crippen molar-refractivity contribution in [3.05, 3.63) is 64.9 Å². The smallest absolute Gasteiger partial charge is 0.258 e. The van der Waals surface area contributed by atoms with Crippen molar-refractivity contribution in [1.29, 1.82) is 0 Å². The molecule has 45 heavy (non-hydrogen) atoms. The van der Waals surface area contributed by atoms with Gasteiger partial charge in [0.05, 0.1) is 40.9 Å². The molecule has 244 valence electrons. The lowest BCUT2D eigenvalue weighted by Crippen LogP contribution is -2.44. The number of anilines is 3. The van der Waals surface area contributed by atoms with Crippen LogP contribution in [0.1, 0.15) is 35.5 Å². The zero-order valence-corrected chi connectivity index (χ0v) is 26.8. The molecular weight excluding hydrogens is 608 g/mol. The zero-order valence-electron chi connectivity index (χ0n) is 26.0. The molecule has 2 aromatic carbocycles. The van der Waals surface area contributed by atoms with Crippen LogP contribution in [-0.4, -0.2) is 100 Å². The molecule has 0 aliphatic carbocycles. The van der Waals surface area contributed by atoms with E-state index in [1.807, 2.05) is 12.1 Å². The standard InChI is InChI=1S/C30H39F2N7O5S/c1-30(2)27-25(16-39(30)45(41,42)23-13-19(31)12-20(32)14-23)28(36-35-27)34-29(40)24-7-6-22(38-10-8-37(3)9-11-38)15-26(24)33-21(17-43-4)18-44-5/h6-7,12-15,21,33H,8-11,16-18H2,1-5H3,(H2,34,35,36,40). The van der Waals surface area contributed by atoms with Crippen LogP contribution in [0.25, 0.3) is 0 Å². The van der Waals surface area contributed by atoms with Crippen molar-refractivity contribution in [2.24, 2.45) is 0 Å². The Bertz CT molecular complexity index is 1630. The van der Waals surface area contributed by atoms with Crippen LogP contribution in [0.2, 0.25) is 0 Å². The summed E-state index contributed by atoms with van der Waals surface area (Å²) in [5.74, 6) is -2.30. The fourth-order valence-corrected chi connectivity index (χ4v) is 7.59. The van der Waals surface area contributed by atoms with E-state index in [4.69, 9.17) is 9.47 Å². The van der Waals surface area contributed by atoms with Gasteiger partial charge in [-0.1, -0.05) is 0 Å². The van der Waals surface area contributed by atoms with Crippen LogP contribution < -0.4 is 15.5 Å². The number of carbonyl (C=O) groups is 1. The van der Waals surface area contributed by atoms with Crippen LogP contribution in [0.15, 0.2) is 41.3 Å². The van der Waals surface area contributed by atoms with Crippen molar-refractivity contribution < 1.29 is 31.5 Å². The second kappa shape index (κ2) is 13.0. The molecule has 2 aliphatic heterocycles. The van der Waals surface area contributed by atoms with Crippen LogP contribution in [-0.2, 0) is 31.6 Å². The molecule has 1 aromatic heterocycles. The molecular formula is C30H39F2N7O5S. The van der Waals surface area contributed by atoms with Gasteiger partial charge >= 0.3 is 0 Å². The van der Waals surface area contributed by atoms with Crippen molar-refractivity contribution in [3.8, 4) is 0 Å². The molecule has 0 unspecified atom stereocenters. The quantitative estimate of drug-likeness (QED) is 0.287. The monoisotopic (exact) mass is 647 g/mol. The molecule has 1 amide bonds. The molecule has 3 heterocycles. The lowest BCUT2D eigenvalue weighted by Gasteiger charge is -2.34. The number of nitrogens with one attached hydrogen (secondary N) is 3. The summed E-state index contributed by atoms with van der Waals surface area (Å²) in [6.45, 7) is 7.35. The second-order valence-corrected chi connectivity index (χ2v) is 13.7. The molecule has 0 saturated carbocycles. The lowest BCUT2D eigenvalue weighted by molar-refractivity contribution is 0.102. The minimum atomic E-state index is -4.33.